The lowest BCUT2D eigenvalue weighted by atomic mass is 9.87. The van der Waals surface area contributed by atoms with Crippen LogP contribution in [0.25, 0.3) is 0 Å². The Labute approximate surface area is 193 Å². The molecule has 180 valence electrons. The number of hydrogen-bond donors (Lipinski definition) is 2. The molecule has 1 aliphatic rings. The highest BCUT2D eigenvalue weighted by molar-refractivity contribution is 5.79. The van der Waals surface area contributed by atoms with Gasteiger partial charge in [-0.3, -0.25) is 4.79 Å². The first-order chi connectivity index (χ1) is 14.9. The van der Waals surface area contributed by atoms with Crippen molar-refractivity contribution in [1.29, 1.82) is 0 Å². The Morgan fingerprint density at radius 1 is 1.06 bits per heavy atom. The molecule has 2 rings (SSSR count). The molecule has 0 unspecified atom stereocenters. The lowest BCUT2D eigenvalue weighted by Crippen LogP contribution is -2.56. The van der Waals surface area contributed by atoms with E-state index in [1.165, 1.54) is 6.42 Å². The van der Waals surface area contributed by atoms with Gasteiger partial charge < -0.3 is 20.1 Å². The Balaban J connectivity index is 2.19. The van der Waals surface area contributed by atoms with Gasteiger partial charge in [0.05, 0.1) is 12.1 Å². The van der Waals surface area contributed by atoms with Gasteiger partial charge in [-0.2, -0.15) is 0 Å². The van der Waals surface area contributed by atoms with Crippen LogP contribution < -0.4 is 5.32 Å². The Morgan fingerprint density at radius 2 is 1.66 bits per heavy atom. The fourth-order valence-corrected chi connectivity index (χ4v) is 4.19. The van der Waals surface area contributed by atoms with E-state index in [2.05, 4.69) is 5.32 Å². The highest BCUT2D eigenvalue weighted by Crippen LogP contribution is 2.28. The van der Waals surface area contributed by atoms with E-state index in [0.29, 0.717) is 6.42 Å². The van der Waals surface area contributed by atoms with Gasteiger partial charge in [-0.25, -0.2) is 4.79 Å². The lowest BCUT2D eigenvalue weighted by molar-refractivity contribution is -0.143. The summed E-state index contributed by atoms with van der Waals surface area (Å²) in [6, 6.07) is 9.13. The summed E-state index contributed by atoms with van der Waals surface area (Å²) in [4.78, 5) is 27.7. The van der Waals surface area contributed by atoms with E-state index in [1.807, 2.05) is 51.1 Å². The molecule has 6 nitrogen and oxygen atoms in total. The number of rotatable bonds is 7. The fourth-order valence-electron chi connectivity index (χ4n) is 4.19. The molecule has 0 saturated heterocycles. The zero-order chi connectivity index (χ0) is 23.9. The summed E-state index contributed by atoms with van der Waals surface area (Å²) in [5.74, 6) is 0.119. The predicted octanol–water partition coefficient (Wildman–Crippen LogP) is 4.69. The summed E-state index contributed by atoms with van der Waals surface area (Å²) in [7, 11) is 0. The molecular formula is C26H42N2O4. The van der Waals surface area contributed by atoms with E-state index in [4.69, 9.17) is 4.74 Å². The molecule has 6 heteroatoms. The third kappa shape index (κ3) is 8.45. The number of amides is 2. The van der Waals surface area contributed by atoms with Crippen LogP contribution in [-0.4, -0.2) is 51.8 Å². The molecule has 0 heterocycles. The number of benzene rings is 1. The van der Waals surface area contributed by atoms with Crippen LogP contribution in [0.4, 0.5) is 4.79 Å². The van der Waals surface area contributed by atoms with Crippen molar-refractivity contribution in [3.05, 3.63) is 35.9 Å². The van der Waals surface area contributed by atoms with Gasteiger partial charge in [0, 0.05) is 18.0 Å². The molecule has 0 bridgehead atoms. The van der Waals surface area contributed by atoms with Gasteiger partial charge in [0.2, 0.25) is 5.91 Å². The molecule has 1 fully saturated rings. The molecule has 0 spiro atoms. The zero-order valence-corrected chi connectivity index (χ0v) is 20.7. The number of aliphatic hydroxyl groups excluding tert-OH is 1. The van der Waals surface area contributed by atoms with Gasteiger partial charge in [-0.15, -0.1) is 0 Å². The van der Waals surface area contributed by atoms with Crippen LogP contribution in [0.5, 0.6) is 0 Å². The standard InChI is InChI=1S/C26H42N2O4/c1-25(2,3)28(23(30)20-15-11-8-12-16-20)18-22(29)21(17-19-13-9-7-10-14-19)27-24(31)32-26(4,5)6/h7,9-10,13-14,20-22,29H,8,11-12,15-18H2,1-6H3,(H,27,31)/t21-,22+/m0/s1. The number of hydrogen-bond acceptors (Lipinski definition) is 4. The molecule has 2 N–H and O–H groups in total. The SMILES string of the molecule is CC(C)(C)OC(=O)N[C@@H](Cc1ccccc1)[C@H](O)CN(C(=O)C1CCCCC1)C(C)(C)C. The van der Waals surface area contributed by atoms with Crippen molar-refractivity contribution in [2.24, 2.45) is 5.92 Å². The summed E-state index contributed by atoms with van der Waals surface area (Å²) in [6.45, 7) is 11.6. The number of aliphatic hydroxyl groups is 1. The minimum Gasteiger partial charge on any atom is -0.444 e. The Kier molecular flexibility index (Phi) is 9.14. The molecule has 0 aliphatic heterocycles. The number of nitrogens with zero attached hydrogens (tertiary/aromatic N) is 1. The summed E-state index contributed by atoms with van der Waals surface area (Å²) < 4.78 is 5.43. The number of carbonyl (C=O) groups excluding carboxylic acids is 2. The molecule has 0 radical (unpaired) electrons. The number of ether oxygens (including phenoxy) is 1. The third-order valence-electron chi connectivity index (χ3n) is 5.86. The quantitative estimate of drug-likeness (QED) is 0.637. The number of alkyl carbamates (subject to hydrolysis) is 1. The molecule has 0 aromatic heterocycles. The minimum absolute atomic E-state index is 0.0153. The van der Waals surface area contributed by atoms with Crippen LogP contribution >= 0.6 is 0 Å². The third-order valence-corrected chi connectivity index (χ3v) is 5.86. The van der Waals surface area contributed by atoms with E-state index < -0.39 is 29.4 Å². The van der Waals surface area contributed by atoms with Crippen molar-refractivity contribution in [2.75, 3.05) is 6.54 Å². The second kappa shape index (κ2) is 11.2. The number of β-amino-alcohol motifs (C(OH)–C–C–N with tert-alkyl or cyclic N) is 1. The van der Waals surface area contributed by atoms with Gasteiger partial charge in [0.15, 0.2) is 0 Å². The molecule has 1 aromatic carbocycles. The van der Waals surface area contributed by atoms with Crippen molar-refractivity contribution in [3.8, 4) is 0 Å². The van der Waals surface area contributed by atoms with E-state index in [9.17, 15) is 14.7 Å². The van der Waals surface area contributed by atoms with Crippen LogP contribution in [0.1, 0.15) is 79.2 Å². The summed E-state index contributed by atoms with van der Waals surface area (Å²) >= 11 is 0. The zero-order valence-electron chi connectivity index (χ0n) is 20.7. The molecule has 1 saturated carbocycles. The maximum atomic E-state index is 13.4. The smallest absolute Gasteiger partial charge is 0.407 e. The molecule has 1 aliphatic carbocycles. The topological polar surface area (TPSA) is 78.9 Å². The Bertz CT molecular complexity index is 730. The van der Waals surface area contributed by atoms with E-state index in [-0.39, 0.29) is 18.4 Å². The van der Waals surface area contributed by atoms with Gasteiger partial charge in [-0.1, -0.05) is 49.6 Å². The molecule has 1 aromatic rings. The van der Waals surface area contributed by atoms with Crippen LogP contribution in [-0.2, 0) is 16.0 Å². The monoisotopic (exact) mass is 446 g/mol. The maximum Gasteiger partial charge on any atom is 0.407 e. The van der Waals surface area contributed by atoms with E-state index in [0.717, 1.165) is 31.2 Å². The van der Waals surface area contributed by atoms with Gasteiger partial charge in [-0.05, 0) is 66.4 Å². The van der Waals surface area contributed by atoms with Crippen molar-refractivity contribution < 1.29 is 19.4 Å². The summed E-state index contributed by atoms with van der Waals surface area (Å²) in [5.41, 5.74) is -0.0760. The van der Waals surface area contributed by atoms with E-state index in [1.54, 1.807) is 25.7 Å². The maximum absolute atomic E-state index is 13.4. The Hall–Kier alpha value is -2.08. The van der Waals surface area contributed by atoms with Crippen molar-refractivity contribution >= 4 is 12.0 Å². The first-order valence-corrected chi connectivity index (χ1v) is 11.9. The average Bonchev–Trinajstić information content (AvgIpc) is 2.70. The fraction of sp³-hybridized carbons (Fsp3) is 0.692. The predicted molar refractivity (Wildman–Crippen MR) is 127 cm³/mol. The van der Waals surface area contributed by atoms with Crippen molar-refractivity contribution in [2.45, 2.75) is 103 Å². The second-order valence-corrected chi connectivity index (χ2v) is 11.0. The number of nitrogens with one attached hydrogen (secondary N) is 1. The second-order valence-electron chi connectivity index (χ2n) is 11.0. The van der Waals surface area contributed by atoms with Gasteiger partial charge in [0.25, 0.3) is 0 Å². The highest BCUT2D eigenvalue weighted by atomic mass is 16.6. The first-order valence-electron chi connectivity index (χ1n) is 11.9. The normalized spacial score (nSPS) is 17.3. The van der Waals surface area contributed by atoms with Crippen LogP contribution in [0.15, 0.2) is 30.3 Å². The van der Waals surface area contributed by atoms with Crippen molar-refractivity contribution in [1.82, 2.24) is 10.2 Å². The molecule has 2 atom stereocenters. The largest absolute Gasteiger partial charge is 0.444 e. The summed E-state index contributed by atoms with van der Waals surface area (Å²) in [5, 5.41) is 14.1. The minimum atomic E-state index is -0.936. The van der Waals surface area contributed by atoms with Crippen LogP contribution in [0, 0.1) is 5.92 Å². The highest BCUT2D eigenvalue weighted by Gasteiger charge is 2.36. The molecular weight excluding hydrogens is 404 g/mol. The van der Waals surface area contributed by atoms with Crippen LogP contribution in [0.2, 0.25) is 0 Å². The Morgan fingerprint density at radius 3 is 2.19 bits per heavy atom. The average molecular weight is 447 g/mol. The molecule has 32 heavy (non-hydrogen) atoms. The van der Waals surface area contributed by atoms with Crippen LogP contribution in [0.3, 0.4) is 0 Å². The first kappa shape index (κ1) is 26.2. The van der Waals surface area contributed by atoms with E-state index >= 15 is 0 Å². The number of carbonyl (C=O) groups is 2. The van der Waals surface area contributed by atoms with Crippen molar-refractivity contribution in [3.63, 3.8) is 0 Å². The van der Waals surface area contributed by atoms with Gasteiger partial charge >= 0.3 is 6.09 Å². The summed E-state index contributed by atoms with van der Waals surface area (Å²) in [6.07, 6.45) is 4.09. The van der Waals surface area contributed by atoms with Gasteiger partial charge in [0.1, 0.15) is 5.60 Å². The lowest BCUT2D eigenvalue weighted by Gasteiger charge is -2.41. The molecule has 2 amide bonds.